The molecule has 0 saturated heterocycles. The zero-order valence-electron chi connectivity index (χ0n) is 10.2. The number of carbonyl (C=O) groups excluding carboxylic acids is 1. The van der Waals surface area contributed by atoms with Crippen LogP contribution in [0.4, 0.5) is 0 Å². The summed E-state index contributed by atoms with van der Waals surface area (Å²) in [6.45, 7) is 5.83. The van der Waals surface area contributed by atoms with E-state index in [9.17, 15) is 9.90 Å². The Labute approximate surface area is 110 Å². The number of amides is 1. The van der Waals surface area contributed by atoms with Crippen LogP contribution in [0.15, 0.2) is 22.9 Å². The second kappa shape index (κ2) is 6.12. The molecular weight excluding hydrogens is 284 g/mol. The lowest BCUT2D eigenvalue weighted by molar-refractivity contribution is 0.0577. The van der Waals surface area contributed by atoms with Gasteiger partial charge >= 0.3 is 0 Å². The van der Waals surface area contributed by atoms with Crippen LogP contribution in [0.25, 0.3) is 0 Å². The first kappa shape index (κ1) is 14.1. The van der Waals surface area contributed by atoms with Crippen LogP contribution in [-0.4, -0.2) is 39.6 Å². The van der Waals surface area contributed by atoms with Crippen molar-refractivity contribution in [1.82, 2.24) is 9.88 Å². The molecule has 4 nitrogen and oxygen atoms in total. The quantitative estimate of drug-likeness (QED) is 0.866. The maximum absolute atomic E-state index is 12.3. The van der Waals surface area contributed by atoms with E-state index < -0.39 is 6.10 Å². The van der Waals surface area contributed by atoms with E-state index >= 15 is 0 Å². The molecule has 1 aromatic rings. The van der Waals surface area contributed by atoms with Gasteiger partial charge in [-0.3, -0.25) is 4.79 Å². The van der Waals surface area contributed by atoms with Gasteiger partial charge in [-0.2, -0.15) is 0 Å². The minimum absolute atomic E-state index is 0.0317. The number of hydrogen-bond acceptors (Lipinski definition) is 3. The molecule has 1 aromatic heterocycles. The van der Waals surface area contributed by atoms with Gasteiger partial charge in [0.25, 0.3) is 5.91 Å². The Balaban J connectivity index is 2.96. The van der Waals surface area contributed by atoms with Gasteiger partial charge in [-0.05, 0) is 48.8 Å². The van der Waals surface area contributed by atoms with Crippen LogP contribution in [0.5, 0.6) is 0 Å². The minimum Gasteiger partial charge on any atom is -0.392 e. The Kier molecular flexibility index (Phi) is 5.08. The lowest BCUT2D eigenvalue weighted by atomic mass is 10.2. The van der Waals surface area contributed by atoms with Crippen molar-refractivity contribution < 1.29 is 9.90 Å². The zero-order valence-corrected chi connectivity index (χ0v) is 11.8. The summed E-state index contributed by atoms with van der Waals surface area (Å²) in [4.78, 5) is 17.9. The highest BCUT2D eigenvalue weighted by Gasteiger charge is 2.22. The van der Waals surface area contributed by atoms with E-state index in [-0.39, 0.29) is 11.9 Å². The molecule has 0 aliphatic carbocycles. The molecule has 0 radical (unpaired) electrons. The molecule has 1 unspecified atom stereocenters. The molecule has 1 N–H and O–H groups in total. The Hall–Kier alpha value is -0.940. The lowest BCUT2D eigenvalue weighted by Gasteiger charge is -2.28. The number of halogens is 1. The van der Waals surface area contributed by atoms with Gasteiger partial charge in [0, 0.05) is 18.8 Å². The van der Waals surface area contributed by atoms with Crippen LogP contribution >= 0.6 is 15.9 Å². The summed E-state index contributed by atoms with van der Waals surface area (Å²) in [5.74, 6) is -0.124. The van der Waals surface area contributed by atoms with Crippen molar-refractivity contribution in [3.63, 3.8) is 0 Å². The normalized spacial score (nSPS) is 12.6. The molecular formula is C12H17BrN2O2. The number of aromatic nitrogens is 1. The van der Waals surface area contributed by atoms with Crippen molar-refractivity contribution in [2.45, 2.75) is 32.9 Å². The van der Waals surface area contributed by atoms with Gasteiger partial charge in [-0.15, -0.1) is 0 Å². The van der Waals surface area contributed by atoms with Crippen molar-refractivity contribution in [2.24, 2.45) is 0 Å². The van der Waals surface area contributed by atoms with E-state index in [4.69, 9.17) is 0 Å². The average molecular weight is 301 g/mol. The minimum atomic E-state index is -0.545. The van der Waals surface area contributed by atoms with Crippen molar-refractivity contribution in [2.75, 3.05) is 6.54 Å². The molecule has 1 atom stereocenters. The third-order valence-corrected chi connectivity index (χ3v) is 2.97. The smallest absolute Gasteiger partial charge is 0.256 e. The molecule has 0 fully saturated rings. The molecule has 1 rings (SSSR count). The molecule has 0 bridgehead atoms. The first-order valence-corrected chi connectivity index (χ1v) is 6.32. The summed E-state index contributed by atoms with van der Waals surface area (Å²) in [5, 5.41) is 9.42. The number of aliphatic hydroxyl groups is 1. The van der Waals surface area contributed by atoms with Gasteiger partial charge < -0.3 is 10.0 Å². The van der Waals surface area contributed by atoms with E-state index in [1.807, 2.05) is 13.8 Å². The molecule has 94 valence electrons. The summed E-state index contributed by atoms with van der Waals surface area (Å²) >= 11 is 3.26. The van der Waals surface area contributed by atoms with Crippen LogP contribution in [0.2, 0.25) is 0 Å². The standard InChI is InChI=1S/C12H17BrN2O2/c1-8(2)15(7-9(3)16)12(17)10-5-4-6-14-11(10)13/h4-6,8-9,16H,7H2,1-3H3. The fourth-order valence-corrected chi connectivity index (χ4v) is 1.93. The number of aliphatic hydroxyl groups excluding tert-OH is 1. The van der Waals surface area contributed by atoms with Gasteiger partial charge in [-0.1, -0.05) is 0 Å². The summed E-state index contributed by atoms with van der Waals surface area (Å²) in [6, 6.07) is 3.47. The van der Waals surface area contributed by atoms with Gasteiger partial charge in [-0.25, -0.2) is 4.98 Å². The molecule has 0 aromatic carbocycles. The molecule has 1 amide bonds. The highest BCUT2D eigenvalue weighted by molar-refractivity contribution is 9.10. The van der Waals surface area contributed by atoms with E-state index in [1.165, 1.54) is 0 Å². The number of carbonyl (C=O) groups is 1. The predicted octanol–water partition coefficient (Wildman–Crippen LogP) is 2.08. The molecule has 0 aliphatic rings. The molecule has 0 saturated carbocycles. The van der Waals surface area contributed by atoms with Gasteiger partial charge in [0.05, 0.1) is 11.7 Å². The number of pyridine rings is 1. The Morgan fingerprint density at radius 1 is 1.53 bits per heavy atom. The second-order valence-corrected chi connectivity index (χ2v) is 4.99. The fraction of sp³-hybridized carbons (Fsp3) is 0.500. The summed E-state index contributed by atoms with van der Waals surface area (Å²) in [6.07, 6.45) is 1.08. The van der Waals surface area contributed by atoms with Crippen LogP contribution in [-0.2, 0) is 0 Å². The first-order valence-electron chi connectivity index (χ1n) is 5.53. The molecule has 5 heteroatoms. The fourth-order valence-electron chi connectivity index (χ4n) is 1.51. The maximum atomic E-state index is 12.3. The van der Waals surface area contributed by atoms with Crippen LogP contribution in [0, 0.1) is 0 Å². The Morgan fingerprint density at radius 2 is 2.18 bits per heavy atom. The third kappa shape index (κ3) is 3.78. The van der Waals surface area contributed by atoms with E-state index in [0.29, 0.717) is 16.7 Å². The maximum Gasteiger partial charge on any atom is 0.256 e. The first-order chi connectivity index (χ1) is 7.93. The van der Waals surface area contributed by atoms with E-state index in [0.717, 1.165) is 0 Å². The highest BCUT2D eigenvalue weighted by atomic mass is 79.9. The van der Waals surface area contributed by atoms with E-state index in [1.54, 1.807) is 30.2 Å². The number of nitrogens with zero attached hydrogens (tertiary/aromatic N) is 2. The molecule has 1 heterocycles. The number of rotatable bonds is 4. The average Bonchev–Trinajstić information content (AvgIpc) is 2.25. The topological polar surface area (TPSA) is 53.4 Å². The Morgan fingerprint density at radius 3 is 2.65 bits per heavy atom. The summed E-state index contributed by atoms with van der Waals surface area (Å²) in [5.41, 5.74) is 0.516. The zero-order chi connectivity index (χ0) is 13.0. The largest absolute Gasteiger partial charge is 0.392 e. The highest BCUT2D eigenvalue weighted by Crippen LogP contribution is 2.16. The van der Waals surface area contributed by atoms with Crippen LogP contribution < -0.4 is 0 Å². The van der Waals surface area contributed by atoms with Gasteiger partial charge in [0.1, 0.15) is 4.60 Å². The molecule has 0 aliphatic heterocycles. The van der Waals surface area contributed by atoms with E-state index in [2.05, 4.69) is 20.9 Å². The van der Waals surface area contributed by atoms with Crippen molar-refractivity contribution in [3.05, 3.63) is 28.5 Å². The summed E-state index contributed by atoms with van der Waals surface area (Å²) < 4.78 is 0.529. The van der Waals surface area contributed by atoms with Gasteiger partial charge in [0.15, 0.2) is 0 Å². The SMILES string of the molecule is CC(O)CN(C(=O)c1cccnc1Br)C(C)C. The Bertz CT molecular complexity index is 394. The van der Waals surface area contributed by atoms with Crippen molar-refractivity contribution in [1.29, 1.82) is 0 Å². The van der Waals surface area contributed by atoms with Crippen molar-refractivity contribution >= 4 is 21.8 Å². The monoisotopic (exact) mass is 300 g/mol. The van der Waals surface area contributed by atoms with Gasteiger partial charge in [0.2, 0.25) is 0 Å². The third-order valence-electron chi connectivity index (χ3n) is 2.33. The van der Waals surface area contributed by atoms with Crippen LogP contribution in [0.1, 0.15) is 31.1 Å². The summed E-state index contributed by atoms with van der Waals surface area (Å²) in [7, 11) is 0. The van der Waals surface area contributed by atoms with Crippen molar-refractivity contribution in [3.8, 4) is 0 Å². The predicted molar refractivity (Wildman–Crippen MR) is 69.8 cm³/mol. The second-order valence-electron chi connectivity index (χ2n) is 4.24. The lowest BCUT2D eigenvalue weighted by Crippen LogP contribution is -2.41. The molecule has 0 spiro atoms. The molecule has 17 heavy (non-hydrogen) atoms. The van der Waals surface area contributed by atoms with Crippen LogP contribution in [0.3, 0.4) is 0 Å². The number of hydrogen-bond donors (Lipinski definition) is 1.